The lowest BCUT2D eigenvalue weighted by Crippen LogP contribution is -1.91. The van der Waals surface area contributed by atoms with Crippen LogP contribution in [0.3, 0.4) is 0 Å². The zero-order valence-corrected chi connectivity index (χ0v) is 11.7. The summed E-state index contributed by atoms with van der Waals surface area (Å²) in [5, 5.41) is 10.6. The Morgan fingerprint density at radius 1 is 1.21 bits per heavy atom. The maximum absolute atomic E-state index is 9.12. The highest BCUT2D eigenvalue weighted by Crippen LogP contribution is 2.37. The number of hydrogen-bond acceptors (Lipinski definition) is 3. The molecule has 3 rings (SSSR count). The first-order valence-electron chi connectivity index (χ1n) is 6.03. The van der Waals surface area contributed by atoms with Crippen molar-refractivity contribution in [3.63, 3.8) is 0 Å². The number of benzene rings is 1. The van der Waals surface area contributed by atoms with Crippen LogP contribution in [0.5, 0.6) is 0 Å². The van der Waals surface area contributed by atoms with Gasteiger partial charge in [-0.15, -0.1) is 11.3 Å². The molecule has 2 heterocycles. The molecule has 96 valence electrons. The molecular weight excluding hydrogens is 278 g/mol. The predicted molar refractivity (Wildman–Crippen MR) is 80.9 cm³/mol. The molecule has 2 nitrogen and oxygen atoms in total. The minimum absolute atomic E-state index is 0.122. The van der Waals surface area contributed by atoms with Gasteiger partial charge in [0.1, 0.15) is 5.15 Å². The Kier molecular flexibility index (Phi) is 3.51. The third-order valence-electron chi connectivity index (χ3n) is 3.02. The molecule has 1 aromatic carbocycles. The maximum atomic E-state index is 9.12. The summed E-state index contributed by atoms with van der Waals surface area (Å²) in [6, 6.07) is 12.3. The van der Waals surface area contributed by atoms with Crippen molar-refractivity contribution in [2.24, 2.45) is 0 Å². The molecular formula is C15H12ClNOS. The second kappa shape index (κ2) is 5.29. The monoisotopic (exact) mass is 289 g/mol. The molecule has 0 fully saturated rings. The molecule has 0 radical (unpaired) electrons. The highest BCUT2D eigenvalue weighted by molar-refractivity contribution is 7.22. The number of fused-ring (bicyclic) bond motifs is 1. The Bertz CT molecular complexity index is 709. The molecule has 0 bridgehead atoms. The van der Waals surface area contributed by atoms with Crippen molar-refractivity contribution in [1.82, 2.24) is 4.98 Å². The van der Waals surface area contributed by atoms with E-state index in [0.29, 0.717) is 11.6 Å². The van der Waals surface area contributed by atoms with E-state index in [1.54, 1.807) is 17.5 Å². The topological polar surface area (TPSA) is 33.1 Å². The molecule has 0 aliphatic rings. The molecule has 0 spiro atoms. The van der Waals surface area contributed by atoms with Crippen molar-refractivity contribution in [2.45, 2.75) is 6.42 Å². The Balaban J connectivity index is 2.19. The average Bonchev–Trinajstić information content (AvgIpc) is 2.89. The molecule has 1 N–H and O–H groups in total. The van der Waals surface area contributed by atoms with Gasteiger partial charge in [-0.05, 0) is 23.6 Å². The molecule has 2 aromatic heterocycles. The first kappa shape index (κ1) is 12.6. The highest BCUT2D eigenvalue weighted by Gasteiger charge is 2.11. The molecule has 3 aromatic rings. The fourth-order valence-electron chi connectivity index (χ4n) is 2.09. The van der Waals surface area contributed by atoms with Gasteiger partial charge in [0.2, 0.25) is 0 Å². The number of aromatic nitrogens is 1. The van der Waals surface area contributed by atoms with Crippen LogP contribution in [0.4, 0.5) is 0 Å². The molecule has 0 aliphatic heterocycles. The lowest BCUT2D eigenvalue weighted by Gasteiger charge is -2.00. The lowest BCUT2D eigenvalue weighted by atomic mass is 10.1. The average molecular weight is 290 g/mol. The summed E-state index contributed by atoms with van der Waals surface area (Å²) in [6.07, 6.45) is 2.36. The maximum Gasteiger partial charge on any atom is 0.137 e. The Morgan fingerprint density at radius 2 is 2.00 bits per heavy atom. The zero-order chi connectivity index (χ0) is 13.2. The van der Waals surface area contributed by atoms with Gasteiger partial charge in [-0.2, -0.15) is 0 Å². The summed E-state index contributed by atoms with van der Waals surface area (Å²) < 4.78 is 1.12. The predicted octanol–water partition coefficient (Wildman–Crippen LogP) is 4.15. The molecule has 0 atom stereocenters. The molecule has 0 saturated carbocycles. The summed E-state index contributed by atoms with van der Waals surface area (Å²) in [7, 11) is 0. The van der Waals surface area contributed by atoms with Crippen LogP contribution < -0.4 is 0 Å². The van der Waals surface area contributed by atoms with Gasteiger partial charge in [-0.1, -0.05) is 41.9 Å². The summed E-state index contributed by atoms with van der Waals surface area (Å²) >= 11 is 7.86. The third-order valence-corrected chi connectivity index (χ3v) is 4.58. The van der Waals surface area contributed by atoms with E-state index >= 15 is 0 Å². The smallest absolute Gasteiger partial charge is 0.137 e. The van der Waals surface area contributed by atoms with Gasteiger partial charge in [0.15, 0.2) is 0 Å². The van der Waals surface area contributed by atoms with Crippen molar-refractivity contribution in [1.29, 1.82) is 0 Å². The lowest BCUT2D eigenvalue weighted by molar-refractivity contribution is 0.300. The number of halogens is 1. The molecule has 0 aliphatic carbocycles. The normalized spacial score (nSPS) is 11.1. The van der Waals surface area contributed by atoms with E-state index in [0.717, 1.165) is 15.6 Å². The van der Waals surface area contributed by atoms with Gasteiger partial charge in [-0.3, -0.25) is 0 Å². The zero-order valence-electron chi connectivity index (χ0n) is 10.1. The van der Waals surface area contributed by atoms with E-state index < -0.39 is 0 Å². The number of rotatable bonds is 3. The largest absolute Gasteiger partial charge is 0.396 e. The van der Waals surface area contributed by atoms with Crippen LogP contribution in [0.1, 0.15) is 5.56 Å². The van der Waals surface area contributed by atoms with Gasteiger partial charge in [0.25, 0.3) is 0 Å². The van der Waals surface area contributed by atoms with Gasteiger partial charge >= 0.3 is 0 Å². The van der Waals surface area contributed by atoms with E-state index in [4.69, 9.17) is 16.7 Å². The Morgan fingerprint density at radius 3 is 2.74 bits per heavy atom. The summed E-state index contributed by atoms with van der Waals surface area (Å²) in [6.45, 7) is 0.122. The van der Waals surface area contributed by atoms with Crippen LogP contribution in [0, 0.1) is 0 Å². The second-order valence-electron chi connectivity index (χ2n) is 4.27. The van der Waals surface area contributed by atoms with Crippen LogP contribution in [-0.4, -0.2) is 16.7 Å². The minimum Gasteiger partial charge on any atom is -0.396 e. The van der Waals surface area contributed by atoms with Gasteiger partial charge in [0.05, 0.1) is 0 Å². The van der Waals surface area contributed by atoms with Crippen LogP contribution in [-0.2, 0) is 6.42 Å². The van der Waals surface area contributed by atoms with Crippen molar-refractivity contribution >= 4 is 33.0 Å². The van der Waals surface area contributed by atoms with E-state index in [-0.39, 0.29) is 6.61 Å². The van der Waals surface area contributed by atoms with Crippen LogP contribution in [0.25, 0.3) is 20.5 Å². The summed E-state index contributed by atoms with van der Waals surface area (Å²) in [5.41, 5.74) is 2.23. The number of thiophene rings is 1. The number of hydrogen-bond donors (Lipinski definition) is 1. The van der Waals surface area contributed by atoms with Gasteiger partial charge < -0.3 is 5.11 Å². The second-order valence-corrected chi connectivity index (χ2v) is 5.68. The van der Waals surface area contributed by atoms with Crippen molar-refractivity contribution in [2.75, 3.05) is 6.61 Å². The fourth-order valence-corrected chi connectivity index (χ4v) is 3.54. The Hall–Kier alpha value is -1.42. The number of aliphatic hydroxyl groups excluding tert-OH is 1. The number of aliphatic hydroxyl groups is 1. The molecule has 0 unspecified atom stereocenters. The van der Waals surface area contributed by atoms with Crippen LogP contribution >= 0.6 is 22.9 Å². The van der Waals surface area contributed by atoms with Crippen molar-refractivity contribution in [3.05, 3.63) is 53.3 Å². The van der Waals surface area contributed by atoms with Crippen molar-refractivity contribution in [3.8, 4) is 10.4 Å². The quantitative estimate of drug-likeness (QED) is 0.735. The van der Waals surface area contributed by atoms with Gasteiger partial charge in [0, 0.05) is 27.8 Å². The number of nitrogens with zero attached hydrogens (tertiary/aromatic N) is 1. The van der Waals surface area contributed by atoms with E-state index in [1.807, 2.05) is 18.2 Å². The molecule has 19 heavy (non-hydrogen) atoms. The van der Waals surface area contributed by atoms with Crippen LogP contribution in [0.15, 0.2) is 42.6 Å². The first-order chi connectivity index (χ1) is 9.29. The molecule has 0 amide bonds. The fraction of sp³-hybridized carbons (Fsp3) is 0.133. The summed E-state index contributed by atoms with van der Waals surface area (Å²) in [4.78, 5) is 5.36. The van der Waals surface area contributed by atoms with Crippen LogP contribution in [0.2, 0.25) is 5.15 Å². The highest BCUT2D eigenvalue weighted by atomic mass is 35.5. The first-order valence-corrected chi connectivity index (χ1v) is 7.22. The SMILES string of the molecule is OCCc1cnc(Cl)c2cc(-c3ccccc3)sc12. The Labute approximate surface area is 120 Å². The van der Waals surface area contributed by atoms with E-state index in [1.165, 1.54) is 10.4 Å². The summed E-state index contributed by atoms with van der Waals surface area (Å²) in [5.74, 6) is 0. The van der Waals surface area contributed by atoms with Crippen molar-refractivity contribution < 1.29 is 5.11 Å². The molecule has 4 heteroatoms. The standard InChI is InChI=1S/C15H12ClNOS/c16-15-12-8-13(10-4-2-1-3-5-10)19-14(12)11(6-7-18)9-17-15/h1-5,8-9,18H,6-7H2. The third kappa shape index (κ3) is 2.37. The minimum atomic E-state index is 0.122. The van der Waals surface area contributed by atoms with E-state index in [2.05, 4.69) is 23.2 Å². The number of pyridine rings is 1. The molecule has 0 saturated heterocycles. The van der Waals surface area contributed by atoms with E-state index in [9.17, 15) is 0 Å². The van der Waals surface area contributed by atoms with Gasteiger partial charge in [-0.25, -0.2) is 4.98 Å².